The third kappa shape index (κ3) is 1.40. The van der Waals surface area contributed by atoms with Crippen molar-refractivity contribution < 1.29 is 4.84 Å². The number of H-pyrrole nitrogens is 1. The average molecular weight is 174 g/mol. The van der Waals surface area contributed by atoms with Crippen LogP contribution in [0, 0.1) is 0 Å². The van der Waals surface area contributed by atoms with Gasteiger partial charge in [0.15, 0.2) is 0 Å². The van der Waals surface area contributed by atoms with Crippen LogP contribution in [0.25, 0.3) is 10.9 Å². The van der Waals surface area contributed by atoms with E-state index in [1.54, 1.807) is 6.21 Å². The molecule has 1 heterocycles. The van der Waals surface area contributed by atoms with Gasteiger partial charge in [0.25, 0.3) is 0 Å². The predicted molar refractivity (Wildman–Crippen MR) is 52.9 cm³/mol. The molecule has 0 saturated heterocycles. The summed E-state index contributed by atoms with van der Waals surface area (Å²) in [7, 11) is 1.53. The Labute approximate surface area is 76.0 Å². The number of aromatic nitrogens is 1. The third-order valence-electron chi connectivity index (χ3n) is 1.92. The molecule has 0 aliphatic rings. The first-order valence-corrected chi connectivity index (χ1v) is 4.04. The zero-order chi connectivity index (χ0) is 9.10. The molecule has 0 aliphatic heterocycles. The highest BCUT2D eigenvalue weighted by atomic mass is 16.6. The van der Waals surface area contributed by atoms with E-state index in [4.69, 9.17) is 0 Å². The van der Waals surface area contributed by atoms with Crippen LogP contribution in [-0.2, 0) is 4.84 Å². The molecule has 3 nitrogen and oxygen atoms in total. The Morgan fingerprint density at radius 3 is 3.15 bits per heavy atom. The summed E-state index contributed by atoms with van der Waals surface area (Å²) >= 11 is 0. The molecule has 0 fully saturated rings. The first-order valence-electron chi connectivity index (χ1n) is 4.04. The van der Waals surface area contributed by atoms with Crippen molar-refractivity contribution in [3.63, 3.8) is 0 Å². The predicted octanol–water partition coefficient (Wildman–Crippen LogP) is 2.15. The van der Waals surface area contributed by atoms with E-state index in [0.29, 0.717) is 0 Å². The molecule has 13 heavy (non-hydrogen) atoms. The van der Waals surface area contributed by atoms with Gasteiger partial charge in [-0.1, -0.05) is 23.4 Å². The fourth-order valence-corrected chi connectivity index (χ4v) is 1.33. The number of aromatic amines is 1. The first kappa shape index (κ1) is 7.86. The van der Waals surface area contributed by atoms with Crippen LogP contribution in [0.5, 0.6) is 0 Å². The van der Waals surface area contributed by atoms with Gasteiger partial charge in [-0.25, -0.2) is 0 Å². The van der Waals surface area contributed by atoms with Gasteiger partial charge >= 0.3 is 0 Å². The molecule has 2 aromatic rings. The highest BCUT2D eigenvalue weighted by Crippen LogP contribution is 2.14. The molecule has 66 valence electrons. The molecule has 1 N–H and O–H groups in total. The first-order chi connectivity index (χ1) is 6.42. The number of nitrogens with zero attached hydrogens (tertiary/aromatic N) is 1. The van der Waals surface area contributed by atoms with Gasteiger partial charge in [0.2, 0.25) is 0 Å². The van der Waals surface area contributed by atoms with Crippen molar-refractivity contribution >= 4 is 17.1 Å². The van der Waals surface area contributed by atoms with E-state index in [0.717, 1.165) is 11.1 Å². The fraction of sp³-hybridized carbons (Fsp3) is 0.100. The smallest absolute Gasteiger partial charge is 0.106 e. The molecule has 0 spiro atoms. The summed E-state index contributed by atoms with van der Waals surface area (Å²) < 4.78 is 0. The zero-order valence-electron chi connectivity index (χ0n) is 7.32. The van der Waals surface area contributed by atoms with Crippen molar-refractivity contribution in [1.82, 2.24) is 4.98 Å². The van der Waals surface area contributed by atoms with Crippen LogP contribution in [0.3, 0.4) is 0 Å². The molecule has 0 amide bonds. The highest BCUT2D eigenvalue weighted by molar-refractivity contribution is 5.97. The number of hydrogen-bond donors (Lipinski definition) is 1. The summed E-state index contributed by atoms with van der Waals surface area (Å²) in [6, 6.07) is 8.06. The normalized spacial score (nSPS) is 11.2. The van der Waals surface area contributed by atoms with E-state index in [1.807, 2.05) is 24.4 Å². The summed E-state index contributed by atoms with van der Waals surface area (Å²) in [6.45, 7) is 0. The third-order valence-corrected chi connectivity index (χ3v) is 1.92. The number of nitrogens with one attached hydrogen (secondary N) is 1. The van der Waals surface area contributed by atoms with E-state index < -0.39 is 0 Å². The van der Waals surface area contributed by atoms with Gasteiger partial charge in [-0.15, -0.1) is 0 Å². The van der Waals surface area contributed by atoms with E-state index in [-0.39, 0.29) is 0 Å². The van der Waals surface area contributed by atoms with Gasteiger partial charge in [-0.2, -0.15) is 0 Å². The lowest BCUT2D eigenvalue weighted by molar-refractivity contribution is 0.215. The molecule has 1 aromatic carbocycles. The molecule has 0 saturated carbocycles. The zero-order valence-corrected chi connectivity index (χ0v) is 7.32. The van der Waals surface area contributed by atoms with Crippen molar-refractivity contribution in [3.8, 4) is 0 Å². The summed E-state index contributed by atoms with van der Waals surface area (Å²) in [4.78, 5) is 7.78. The van der Waals surface area contributed by atoms with Crippen LogP contribution in [-0.4, -0.2) is 18.3 Å². The Morgan fingerprint density at radius 2 is 2.31 bits per heavy atom. The highest BCUT2D eigenvalue weighted by Gasteiger charge is 1.97. The Morgan fingerprint density at radius 1 is 1.38 bits per heavy atom. The maximum absolute atomic E-state index is 4.63. The van der Waals surface area contributed by atoms with Crippen LogP contribution >= 0.6 is 0 Å². The molecule has 3 heteroatoms. The fourth-order valence-electron chi connectivity index (χ4n) is 1.33. The molecule has 1 aromatic heterocycles. The van der Waals surface area contributed by atoms with Gasteiger partial charge < -0.3 is 9.82 Å². The quantitative estimate of drug-likeness (QED) is 0.549. The Kier molecular flexibility index (Phi) is 2.00. The van der Waals surface area contributed by atoms with Crippen molar-refractivity contribution in [2.75, 3.05) is 7.11 Å². The molecule has 0 bridgehead atoms. The minimum atomic E-state index is 1.03. The average Bonchev–Trinajstić information content (AvgIpc) is 2.62. The SMILES string of the molecule is CO/N=C/c1cccc2cc[nH]c12. The van der Waals surface area contributed by atoms with Crippen molar-refractivity contribution in [2.24, 2.45) is 5.16 Å². The van der Waals surface area contributed by atoms with E-state index >= 15 is 0 Å². The van der Waals surface area contributed by atoms with Gasteiger partial charge in [0.05, 0.1) is 11.7 Å². The number of fused-ring (bicyclic) bond motifs is 1. The molecular formula is C10H10N2O. The van der Waals surface area contributed by atoms with Gasteiger partial charge in [-0.3, -0.25) is 0 Å². The maximum Gasteiger partial charge on any atom is 0.106 e. The van der Waals surface area contributed by atoms with Gasteiger partial charge in [0, 0.05) is 17.1 Å². The number of rotatable bonds is 2. The van der Waals surface area contributed by atoms with Gasteiger partial charge in [-0.05, 0) is 6.07 Å². The van der Waals surface area contributed by atoms with Crippen molar-refractivity contribution in [2.45, 2.75) is 0 Å². The van der Waals surface area contributed by atoms with Crippen LogP contribution < -0.4 is 0 Å². The summed E-state index contributed by atoms with van der Waals surface area (Å²) in [6.07, 6.45) is 3.60. The lowest BCUT2D eigenvalue weighted by atomic mass is 10.2. The van der Waals surface area contributed by atoms with Crippen LogP contribution in [0.1, 0.15) is 5.56 Å². The maximum atomic E-state index is 4.63. The van der Waals surface area contributed by atoms with Crippen LogP contribution in [0.2, 0.25) is 0 Å². The molecule has 0 aliphatic carbocycles. The second-order valence-electron chi connectivity index (χ2n) is 2.71. The number of benzene rings is 1. The number of para-hydroxylation sites is 1. The topological polar surface area (TPSA) is 37.4 Å². The van der Waals surface area contributed by atoms with Crippen LogP contribution in [0.4, 0.5) is 0 Å². The Bertz CT molecular complexity index is 431. The largest absolute Gasteiger partial charge is 0.399 e. The lowest BCUT2D eigenvalue weighted by Gasteiger charge is -1.94. The Hall–Kier alpha value is -1.77. The van der Waals surface area contributed by atoms with E-state index in [1.165, 1.54) is 12.5 Å². The van der Waals surface area contributed by atoms with Crippen molar-refractivity contribution in [3.05, 3.63) is 36.0 Å². The standard InChI is InChI=1S/C10H10N2O/c1-13-12-7-9-4-2-3-8-5-6-11-10(8)9/h2-7,11H,1H3/b12-7+. The van der Waals surface area contributed by atoms with E-state index in [2.05, 4.69) is 21.0 Å². The van der Waals surface area contributed by atoms with Gasteiger partial charge in [0.1, 0.15) is 7.11 Å². The second kappa shape index (κ2) is 3.31. The monoisotopic (exact) mass is 174 g/mol. The second-order valence-corrected chi connectivity index (χ2v) is 2.71. The lowest BCUT2D eigenvalue weighted by Crippen LogP contribution is -1.83. The van der Waals surface area contributed by atoms with Crippen molar-refractivity contribution in [1.29, 1.82) is 0 Å². The number of oxime groups is 1. The summed E-state index contributed by atoms with van der Waals surface area (Å²) in [5.41, 5.74) is 2.12. The van der Waals surface area contributed by atoms with E-state index in [9.17, 15) is 0 Å². The molecule has 2 rings (SSSR count). The number of hydrogen-bond acceptors (Lipinski definition) is 2. The molecule has 0 radical (unpaired) electrons. The molecule has 0 atom stereocenters. The minimum absolute atomic E-state index is 1.03. The summed E-state index contributed by atoms with van der Waals surface area (Å²) in [5, 5.41) is 4.91. The minimum Gasteiger partial charge on any atom is -0.399 e. The van der Waals surface area contributed by atoms with Crippen LogP contribution in [0.15, 0.2) is 35.6 Å². The molecule has 0 unspecified atom stereocenters. The summed E-state index contributed by atoms with van der Waals surface area (Å²) in [5.74, 6) is 0. The Balaban J connectivity index is 2.54. The molecular weight excluding hydrogens is 164 g/mol.